The summed E-state index contributed by atoms with van der Waals surface area (Å²) in [5.74, 6) is -1.27. The summed E-state index contributed by atoms with van der Waals surface area (Å²) in [6, 6.07) is -0.304. The Labute approximate surface area is 113 Å². The van der Waals surface area contributed by atoms with E-state index in [-0.39, 0.29) is 23.9 Å². The monoisotopic (exact) mass is 272 g/mol. The standard InChI is InChI=1S/C13H24N2O4/c1-12(2)5-4-6-14-10(12)11(18)15-8-13(3,19)7-9(16)17/h10,14,19H,4-8H2,1-3H3,(H,15,18)(H,16,17). The maximum Gasteiger partial charge on any atom is 0.306 e. The first-order valence-electron chi connectivity index (χ1n) is 6.59. The Bertz CT molecular complexity index is 353. The predicted molar refractivity (Wildman–Crippen MR) is 70.7 cm³/mol. The molecule has 0 bridgehead atoms. The fourth-order valence-corrected chi connectivity index (χ4v) is 2.43. The highest BCUT2D eigenvalue weighted by atomic mass is 16.4. The van der Waals surface area contributed by atoms with Crippen molar-refractivity contribution in [2.24, 2.45) is 5.41 Å². The van der Waals surface area contributed by atoms with E-state index >= 15 is 0 Å². The van der Waals surface area contributed by atoms with Crippen molar-refractivity contribution in [3.8, 4) is 0 Å². The second-order valence-corrected chi connectivity index (χ2v) is 6.26. The summed E-state index contributed by atoms with van der Waals surface area (Å²) in [7, 11) is 0. The van der Waals surface area contributed by atoms with E-state index in [1.165, 1.54) is 6.92 Å². The van der Waals surface area contributed by atoms with E-state index in [0.717, 1.165) is 19.4 Å². The lowest BCUT2D eigenvalue weighted by molar-refractivity contribution is -0.142. The molecule has 2 unspecified atom stereocenters. The van der Waals surface area contributed by atoms with Crippen molar-refractivity contribution in [3.05, 3.63) is 0 Å². The first-order chi connectivity index (χ1) is 8.64. The summed E-state index contributed by atoms with van der Waals surface area (Å²) in [4.78, 5) is 22.7. The lowest BCUT2D eigenvalue weighted by Crippen LogP contribution is -2.57. The molecule has 2 atom stereocenters. The third-order valence-corrected chi connectivity index (χ3v) is 3.57. The second-order valence-electron chi connectivity index (χ2n) is 6.26. The summed E-state index contributed by atoms with van der Waals surface area (Å²) in [6.45, 7) is 6.19. The number of carbonyl (C=O) groups excluding carboxylic acids is 1. The number of aliphatic carboxylic acids is 1. The minimum Gasteiger partial charge on any atom is -0.481 e. The van der Waals surface area contributed by atoms with Crippen LogP contribution in [0.25, 0.3) is 0 Å². The number of hydrogen-bond donors (Lipinski definition) is 4. The van der Waals surface area contributed by atoms with Crippen molar-refractivity contribution >= 4 is 11.9 Å². The molecule has 1 saturated heterocycles. The molecule has 0 aliphatic carbocycles. The Morgan fingerprint density at radius 2 is 2.11 bits per heavy atom. The lowest BCUT2D eigenvalue weighted by Gasteiger charge is -2.38. The van der Waals surface area contributed by atoms with Gasteiger partial charge < -0.3 is 20.8 Å². The average Bonchev–Trinajstić information content (AvgIpc) is 2.23. The lowest BCUT2D eigenvalue weighted by atomic mass is 9.77. The minimum absolute atomic E-state index is 0.0631. The Balaban J connectivity index is 2.53. The van der Waals surface area contributed by atoms with Gasteiger partial charge in [0.25, 0.3) is 0 Å². The first-order valence-corrected chi connectivity index (χ1v) is 6.59. The number of rotatable bonds is 5. The molecule has 4 N–H and O–H groups in total. The summed E-state index contributed by atoms with van der Waals surface area (Å²) in [5.41, 5.74) is -1.57. The van der Waals surface area contributed by atoms with Gasteiger partial charge in [0.05, 0.1) is 18.1 Å². The van der Waals surface area contributed by atoms with E-state index in [0.29, 0.717) is 0 Å². The Hall–Kier alpha value is -1.14. The number of carboxylic acid groups (broad SMARTS) is 1. The minimum atomic E-state index is -1.43. The molecule has 6 nitrogen and oxygen atoms in total. The number of carbonyl (C=O) groups is 2. The Morgan fingerprint density at radius 3 is 2.63 bits per heavy atom. The maximum absolute atomic E-state index is 12.1. The van der Waals surface area contributed by atoms with Gasteiger partial charge in [-0.3, -0.25) is 9.59 Å². The molecule has 1 heterocycles. The van der Waals surface area contributed by atoms with E-state index in [1.54, 1.807) is 0 Å². The van der Waals surface area contributed by atoms with Gasteiger partial charge in [0, 0.05) is 6.54 Å². The van der Waals surface area contributed by atoms with Crippen LogP contribution in [0.15, 0.2) is 0 Å². The quantitative estimate of drug-likeness (QED) is 0.569. The third kappa shape index (κ3) is 4.80. The molecule has 0 radical (unpaired) electrons. The molecule has 0 spiro atoms. The molecule has 19 heavy (non-hydrogen) atoms. The summed E-state index contributed by atoms with van der Waals surface area (Å²) in [6.07, 6.45) is 1.60. The molecule has 110 valence electrons. The van der Waals surface area contributed by atoms with Crippen molar-refractivity contribution in [1.82, 2.24) is 10.6 Å². The van der Waals surface area contributed by atoms with Crippen molar-refractivity contribution in [2.45, 2.75) is 51.7 Å². The van der Waals surface area contributed by atoms with Gasteiger partial charge in [0.2, 0.25) is 5.91 Å². The zero-order valence-electron chi connectivity index (χ0n) is 11.8. The number of carboxylic acids is 1. The zero-order valence-corrected chi connectivity index (χ0v) is 11.8. The van der Waals surface area contributed by atoms with Gasteiger partial charge >= 0.3 is 5.97 Å². The molecule has 0 saturated carbocycles. The van der Waals surface area contributed by atoms with Crippen LogP contribution in [0.2, 0.25) is 0 Å². The van der Waals surface area contributed by atoms with Gasteiger partial charge in [0.15, 0.2) is 0 Å². The molecular formula is C13H24N2O4. The fourth-order valence-electron chi connectivity index (χ4n) is 2.43. The van der Waals surface area contributed by atoms with Crippen molar-refractivity contribution in [1.29, 1.82) is 0 Å². The fraction of sp³-hybridized carbons (Fsp3) is 0.846. The molecule has 1 aliphatic rings. The molecule has 0 aromatic heterocycles. The van der Waals surface area contributed by atoms with Crippen LogP contribution < -0.4 is 10.6 Å². The van der Waals surface area contributed by atoms with Crippen LogP contribution in [0.5, 0.6) is 0 Å². The van der Waals surface area contributed by atoms with Gasteiger partial charge in [-0.2, -0.15) is 0 Å². The van der Waals surface area contributed by atoms with Crippen LogP contribution in [0.1, 0.15) is 40.0 Å². The highest BCUT2D eigenvalue weighted by Gasteiger charge is 2.37. The molecule has 1 fully saturated rings. The molecule has 0 aromatic rings. The van der Waals surface area contributed by atoms with Gasteiger partial charge in [-0.25, -0.2) is 0 Å². The summed E-state index contributed by atoms with van der Waals surface area (Å²) >= 11 is 0. The smallest absolute Gasteiger partial charge is 0.306 e. The highest BCUT2D eigenvalue weighted by molar-refractivity contribution is 5.83. The summed E-state index contributed by atoms with van der Waals surface area (Å²) in [5, 5.41) is 24.3. The maximum atomic E-state index is 12.1. The molecule has 6 heteroatoms. The SMILES string of the molecule is CC(O)(CNC(=O)C1NCCCC1(C)C)CC(=O)O. The normalized spacial score (nSPS) is 25.4. The van der Waals surface area contributed by atoms with Crippen molar-refractivity contribution in [3.63, 3.8) is 0 Å². The molecule has 1 amide bonds. The molecule has 1 rings (SSSR count). The van der Waals surface area contributed by atoms with E-state index in [1.807, 2.05) is 13.8 Å². The van der Waals surface area contributed by atoms with Gasteiger partial charge in [0.1, 0.15) is 0 Å². The van der Waals surface area contributed by atoms with Crippen LogP contribution in [0, 0.1) is 5.41 Å². The van der Waals surface area contributed by atoms with Gasteiger partial charge in [-0.05, 0) is 31.7 Å². The highest BCUT2D eigenvalue weighted by Crippen LogP contribution is 2.30. The van der Waals surface area contributed by atoms with E-state index in [9.17, 15) is 14.7 Å². The molecule has 1 aliphatic heterocycles. The Kier molecular flexibility index (Phi) is 4.92. The van der Waals surface area contributed by atoms with Crippen LogP contribution in [0.4, 0.5) is 0 Å². The number of nitrogens with one attached hydrogen (secondary N) is 2. The predicted octanol–water partition coefficient (Wildman–Crippen LogP) is 0.106. The molecular weight excluding hydrogens is 248 g/mol. The summed E-state index contributed by atoms with van der Waals surface area (Å²) < 4.78 is 0. The largest absolute Gasteiger partial charge is 0.481 e. The number of aliphatic hydroxyl groups is 1. The van der Waals surface area contributed by atoms with Crippen LogP contribution in [-0.4, -0.2) is 46.8 Å². The molecule has 0 aromatic carbocycles. The van der Waals surface area contributed by atoms with Crippen molar-refractivity contribution in [2.75, 3.05) is 13.1 Å². The van der Waals surface area contributed by atoms with Gasteiger partial charge in [-0.1, -0.05) is 13.8 Å². The van der Waals surface area contributed by atoms with Crippen molar-refractivity contribution < 1.29 is 19.8 Å². The Morgan fingerprint density at radius 1 is 1.47 bits per heavy atom. The zero-order chi connectivity index (χ0) is 14.7. The number of piperidine rings is 1. The van der Waals surface area contributed by atoms with Crippen LogP contribution >= 0.6 is 0 Å². The average molecular weight is 272 g/mol. The second kappa shape index (κ2) is 5.88. The van der Waals surface area contributed by atoms with E-state index in [2.05, 4.69) is 10.6 Å². The van der Waals surface area contributed by atoms with Crippen LogP contribution in [-0.2, 0) is 9.59 Å². The van der Waals surface area contributed by atoms with Crippen LogP contribution in [0.3, 0.4) is 0 Å². The number of hydrogen-bond acceptors (Lipinski definition) is 4. The number of amides is 1. The van der Waals surface area contributed by atoms with E-state index in [4.69, 9.17) is 5.11 Å². The van der Waals surface area contributed by atoms with Gasteiger partial charge in [-0.15, -0.1) is 0 Å². The topological polar surface area (TPSA) is 98.7 Å². The van der Waals surface area contributed by atoms with E-state index < -0.39 is 18.0 Å². The third-order valence-electron chi connectivity index (χ3n) is 3.57. The first kappa shape index (κ1) is 15.9.